The number of carboxylic acid groups (broad SMARTS) is 1. The summed E-state index contributed by atoms with van der Waals surface area (Å²) in [6.07, 6.45) is 1.85. The van der Waals surface area contributed by atoms with Crippen LogP contribution in [0, 0.1) is 0 Å². The summed E-state index contributed by atoms with van der Waals surface area (Å²) in [5.74, 6) is -2.10. The number of carbonyl (C=O) groups is 1. The van der Waals surface area contributed by atoms with Crippen molar-refractivity contribution in [2.45, 2.75) is 25.7 Å². The van der Waals surface area contributed by atoms with Crippen LogP contribution < -0.4 is 0 Å². The molecule has 0 amide bonds. The zero-order valence-electron chi connectivity index (χ0n) is 8.68. The molecule has 88 valence electrons. The molecule has 0 spiro atoms. The van der Waals surface area contributed by atoms with Crippen LogP contribution in [0.25, 0.3) is 0 Å². The molecule has 0 heterocycles. The van der Waals surface area contributed by atoms with Crippen LogP contribution in [0.15, 0.2) is 12.1 Å². The summed E-state index contributed by atoms with van der Waals surface area (Å²) in [5.41, 5.74) is 0.665. The number of phenolic OH excluding ortho intramolecular Hbond substituents is 3. The van der Waals surface area contributed by atoms with E-state index >= 15 is 0 Å². The van der Waals surface area contributed by atoms with Gasteiger partial charge in [-0.3, -0.25) is 4.79 Å². The molecule has 4 N–H and O–H groups in total. The molecule has 1 aromatic carbocycles. The number of hydrogen-bond donors (Lipinski definition) is 4. The summed E-state index contributed by atoms with van der Waals surface area (Å²) in [7, 11) is 0. The molecule has 0 aromatic heterocycles. The lowest BCUT2D eigenvalue weighted by molar-refractivity contribution is -0.137. The summed E-state index contributed by atoms with van der Waals surface area (Å²) in [6, 6.07) is 2.71. The van der Waals surface area contributed by atoms with E-state index in [1.807, 2.05) is 0 Å². The summed E-state index contributed by atoms with van der Waals surface area (Å²) < 4.78 is 0. The van der Waals surface area contributed by atoms with Crippen molar-refractivity contribution in [3.63, 3.8) is 0 Å². The van der Waals surface area contributed by atoms with Crippen molar-refractivity contribution in [2.75, 3.05) is 0 Å². The van der Waals surface area contributed by atoms with E-state index in [1.165, 1.54) is 12.1 Å². The molecule has 0 aliphatic carbocycles. The van der Waals surface area contributed by atoms with Gasteiger partial charge in [0.1, 0.15) is 0 Å². The summed E-state index contributed by atoms with van der Waals surface area (Å²) >= 11 is 0. The van der Waals surface area contributed by atoms with E-state index in [1.54, 1.807) is 0 Å². The fraction of sp³-hybridized carbons (Fsp3) is 0.364. The van der Waals surface area contributed by atoms with E-state index in [0.717, 1.165) is 0 Å². The monoisotopic (exact) mass is 226 g/mol. The van der Waals surface area contributed by atoms with Gasteiger partial charge in [0.2, 0.25) is 0 Å². The zero-order chi connectivity index (χ0) is 12.1. The third kappa shape index (κ3) is 3.34. The molecular weight excluding hydrogens is 212 g/mol. The fourth-order valence-corrected chi connectivity index (χ4v) is 1.41. The Morgan fingerprint density at radius 1 is 1.06 bits per heavy atom. The lowest BCUT2D eigenvalue weighted by Gasteiger charge is -2.05. The molecule has 0 bridgehead atoms. The van der Waals surface area contributed by atoms with E-state index in [4.69, 9.17) is 10.2 Å². The van der Waals surface area contributed by atoms with Gasteiger partial charge >= 0.3 is 5.97 Å². The predicted octanol–water partition coefficient (Wildman–Crippen LogP) is 1.60. The Morgan fingerprint density at radius 2 is 1.62 bits per heavy atom. The van der Waals surface area contributed by atoms with Crippen LogP contribution in [0.3, 0.4) is 0 Å². The van der Waals surface area contributed by atoms with Crippen molar-refractivity contribution in [3.8, 4) is 17.2 Å². The number of aromatic hydroxyl groups is 3. The number of unbranched alkanes of at least 4 members (excludes halogenated alkanes) is 1. The van der Waals surface area contributed by atoms with Crippen molar-refractivity contribution in [1.82, 2.24) is 0 Å². The second kappa shape index (κ2) is 5.25. The van der Waals surface area contributed by atoms with Gasteiger partial charge in [-0.25, -0.2) is 0 Å². The number of phenols is 3. The van der Waals surface area contributed by atoms with Crippen LogP contribution in [0.1, 0.15) is 24.8 Å². The maximum Gasteiger partial charge on any atom is 0.303 e. The lowest BCUT2D eigenvalue weighted by Crippen LogP contribution is -1.94. The average Bonchev–Trinajstić information content (AvgIpc) is 2.20. The van der Waals surface area contributed by atoms with Crippen LogP contribution in [0.4, 0.5) is 0 Å². The summed E-state index contributed by atoms with van der Waals surface area (Å²) in [6.45, 7) is 0. The first-order valence-electron chi connectivity index (χ1n) is 4.96. The Kier molecular flexibility index (Phi) is 3.99. The molecule has 16 heavy (non-hydrogen) atoms. The molecule has 0 unspecified atom stereocenters. The zero-order valence-corrected chi connectivity index (χ0v) is 8.68. The van der Waals surface area contributed by atoms with Crippen molar-refractivity contribution < 1.29 is 25.2 Å². The number of aryl methyl sites for hydroxylation is 1. The Hall–Kier alpha value is -1.91. The average molecular weight is 226 g/mol. The minimum Gasteiger partial charge on any atom is -0.504 e. The number of hydrogen-bond acceptors (Lipinski definition) is 4. The van der Waals surface area contributed by atoms with E-state index < -0.39 is 11.7 Å². The van der Waals surface area contributed by atoms with E-state index in [-0.39, 0.29) is 17.9 Å². The lowest BCUT2D eigenvalue weighted by atomic mass is 10.1. The molecular formula is C11H14O5. The highest BCUT2D eigenvalue weighted by Crippen LogP contribution is 2.35. The standard InChI is InChI=1S/C11H14O5/c12-8-5-7(6-9(13)11(8)16)3-1-2-4-10(14)15/h5-6,12-13,16H,1-4H2,(H,14,15). The van der Waals surface area contributed by atoms with Gasteiger partial charge in [0.15, 0.2) is 17.2 Å². The number of benzene rings is 1. The third-order valence-corrected chi connectivity index (χ3v) is 2.24. The Bertz CT molecular complexity index is 363. The predicted molar refractivity (Wildman–Crippen MR) is 56.6 cm³/mol. The van der Waals surface area contributed by atoms with Gasteiger partial charge in [0, 0.05) is 6.42 Å². The minimum atomic E-state index is -0.837. The van der Waals surface area contributed by atoms with Gasteiger partial charge in [0.05, 0.1) is 0 Å². The van der Waals surface area contributed by atoms with Gasteiger partial charge in [-0.05, 0) is 37.0 Å². The quantitative estimate of drug-likeness (QED) is 0.451. The minimum absolute atomic E-state index is 0.107. The second-order valence-electron chi connectivity index (χ2n) is 3.58. The topological polar surface area (TPSA) is 98.0 Å². The highest BCUT2D eigenvalue weighted by atomic mass is 16.4. The van der Waals surface area contributed by atoms with E-state index in [0.29, 0.717) is 24.8 Å². The van der Waals surface area contributed by atoms with Gasteiger partial charge in [0.25, 0.3) is 0 Å². The smallest absolute Gasteiger partial charge is 0.303 e. The fourth-order valence-electron chi connectivity index (χ4n) is 1.41. The highest BCUT2D eigenvalue weighted by molar-refractivity contribution is 5.66. The van der Waals surface area contributed by atoms with Gasteiger partial charge in [-0.1, -0.05) is 0 Å². The first kappa shape index (κ1) is 12.2. The summed E-state index contributed by atoms with van der Waals surface area (Å²) in [5, 5.41) is 36.0. The summed E-state index contributed by atoms with van der Waals surface area (Å²) in [4.78, 5) is 10.3. The Morgan fingerprint density at radius 3 is 2.12 bits per heavy atom. The van der Waals surface area contributed by atoms with Crippen LogP contribution in [0.2, 0.25) is 0 Å². The molecule has 0 aliphatic heterocycles. The first-order chi connectivity index (χ1) is 7.50. The SMILES string of the molecule is O=C(O)CCCCc1cc(O)c(O)c(O)c1. The third-order valence-electron chi connectivity index (χ3n) is 2.24. The van der Waals surface area contributed by atoms with Gasteiger partial charge < -0.3 is 20.4 Å². The normalized spacial score (nSPS) is 10.2. The van der Waals surface area contributed by atoms with Crippen LogP contribution in [-0.4, -0.2) is 26.4 Å². The number of rotatable bonds is 5. The van der Waals surface area contributed by atoms with Gasteiger partial charge in [-0.2, -0.15) is 0 Å². The molecule has 0 saturated carbocycles. The molecule has 5 nitrogen and oxygen atoms in total. The molecule has 0 atom stereocenters. The van der Waals surface area contributed by atoms with Crippen molar-refractivity contribution >= 4 is 5.97 Å². The van der Waals surface area contributed by atoms with Crippen LogP contribution >= 0.6 is 0 Å². The molecule has 1 aromatic rings. The molecule has 0 fully saturated rings. The number of aliphatic carboxylic acids is 1. The Labute approximate surface area is 92.6 Å². The largest absolute Gasteiger partial charge is 0.504 e. The highest BCUT2D eigenvalue weighted by Gasteiger charge is 2.07. The van der Waals surface area contributed by atoms with E-state index in [9.17, 15) is 15.0 Å². The van der Waals surface area contributed by atoms with Crippen LogP contribution in [-0.2, 0) is 11.2 Å². The van der Waals surface area contributed by atoms with Crippen molar-refractivity contribution in [2.24, 2.45) is 0 Å². The van der Waals surface area contributed by atoms with Crippen LogP contribution in [0.5, 0.6) is 17.2 Å². The Balaban J connectivity index is 2.52. The van der Waals surface area contributed by atoms with Crippen molar-refractivity contribution in [3.05, 3.63) is 17.7 Å². The maximum absolute atomic E-state index is 10.3. The van der Waals surface area contributed by atoms with Gasteiger partial charge in [-0.15, -0.1) is 0 Å². The van der Waals surface area contributed by atoms with E-state index in [2.05, 4.69) is 0 Å². The molecule has 1 rings (SSSR count). The molecule has 0 saturated heterocycles. The second-order valence-corrected chi connectivity index (χ2v) is 3.58. The number of carboxylic acids is 1. The first-order valence-corrected chi connectivity index (χ1v) is 4.96. The molecule has 0 aliphatic rings. The van der Waals surface area contributed by atoms with Crippen molar-refractivity contribution in [1.29, 1.82) is 0 Å². The maximum atomic E-state index is 10.3. The molecule has 5 heteroatoms. The molecule has 0 radical (unpaired) electrons.